The maximum atomic E-state index is 13.1. The molecule has 3 rings (SSSR count). The molecule has 0 fully saturated rings. The predicted octanol–water partition coefficient (Wildman–Crippen LogP) is 1.89. The number of fused-ring (bicyclic) bond motifs is 1. The number of aryl methyl sites for hydroxylation is 2. The number of rotatable bonds is 5. The van der Waals surface area contributed by atoms with Gasteiger partial charge in [-0.3, -0.25) is 4.79 Å². The fraction of sp³-hybridized carbons (Fsp3) is 0.333. The molecule has 0 unspecified atom stereocenters. The summed E-state index contributed by atoms with van der Waals surface area (Å²) >= 11 is 0. The van der Waals surface area contributed by atoms with Gasteiger partial charge in [0.1, 0.15) is 5.75 Å². The van der Waals surface area contributed by atoms with E-state index in [4.69, 9.17) is 9.47 Å². The van der Waals surface area contributed by atoms with Crippen molar-refractivity contribution in [2.45, 2.75) is 24.8 Å². The minimum atomic E-state index is -3.87. The van der Waals surface area contributed by atoms with E-state index in [1.165, 1.54) is 19.1 Å². The number of methoxy groups -OCH3 is 1. The van der Waals surface area contributed by atoms with Crippen LogP contribution >= 0.6 is 0 Å². The Bertz CT molecular complexity index is 1080. The number of anilines is 1. The normalized spacial score (nSPS) is 16.0. The fourth-order valence-corrected chi connectivity index (χ4v) is 4.66. The van der Waals surface area contributed by atoms with Crippen molar-refractivity contribution in [3.8, 4) is 5.75 Å². The van der Waals surface area contributed by atoms with Crippen molar-refractivity contribution in [1.29, 1.82) is 0 Å². The Hall–Kier alpha value is -2.91. The summed E-state index contributed by atoms with van der Waals surface area (Å²) in [5.41, 5.74) is 1.88. The number of carbonyl (C=O) groups is 2. The average molecular weight is 432 g/mol. The maximum Gasteiger partial charge on any atom is 0.348 e. The number of ether oxygens (including phenoxy) is 2. The van der Waals surface area contributed by atoms with E-state index in [1.54, 1.807) is 50.2 Å². The van der Waals surface area contributed by atoms with Crippen LogP contribution in [0.15, 0.2) is 47.4 Å². The summed E-state index contributed by atoms with van der Waals surface area (Å²) in [6.07, 6.45) is -0.991. The van der Waals surface area contributed by atoms with Crippen molar-refractivity contribution < 1.29 is 27.5 Å². The molecule has 30 heavy (non-hydrogen) atoms. The number of esters is 1. The first-order valence-electron chi connectivity index (χ1n) is 9.32. The second-order valence-corrected chi connectivity index (χ2v) is 9.15. The van der Waals surface area contributed by atoms with Gasteiger partial charge in [-0.05, 0) is 43.2 Å². The second-order valence-electron chi connectivity index (χ2n) is 7.13. The van der Waals surface area contributed by atoms with Crippen LogP contribution in [0.25, 0.3) is 0 Å². The lowest BCUT2D eigenvalue weighted by Gasteiger charge is -2.34. The molecule has 1 aliphatic rings. The number of likely N-dealkylation sites (N-methyl/N-ethyl adjacent to an activating group) is 1. The van der Waals surface area contributed by atoms with Crippen molar-refractivity contribution in [3.05, 3.63) is 53.6 Å². The van der Waals surface area contributed by atoms with Gasteiger partial charge in [-0.1, -0.05) is 24.3 Å². The Kier molecular flexibility index (Phi) is 6.14. The fourth-order valence-electron chi connectivity index (χ4n) is 3.24. The number of carbonyl (C=O) groups excluding carboxylic acids is 2. The molecule has 1 aliphatic heterocycles. The molecular formula is C21H24N2O6S. The van der Waals surface area contributed by atoms with Gasteiger partial charge >= 0.3 is 5.97 Å². The van der Waals surface area contributed by atoms with Crippen LogP contribution in [0, 0.1) is 13.8 Å². The van der Waals surface area contributed by atoms with Crippen molar-refractivity contribution >= 4 is 27.6 Å². The van der Waals surface area contributed by atoms with E-state index in [0.29, 0.717) is 17.0 Å². The molecule has 1 atom stereocenters. The van der Waals surface area contributed by atoms with Crippen molar-refractivity contribution in [1.82, 2.24) is 4.31 Å². The Balaban J connectivity index is 1.87. The topological polar surface area (TPSA) is 93.2 Å². The zero-order valence-electron chi connectivity index (χ0n) is 17.3. The highest BCUT2D eigenvalue weighted by atomic mass is 32.2. The van der Waals surface area contributed by atoms with E-state index in [2.05, 4.69) is 0 Å². The number of para-hydroxylation sites is 2. The number of hydrogen-bond donors (Lipinski definition) is 0. The molecule has 160 valence electrons. The van der Waals surface area contributed by atoms with E-state index < -0.39 is 34.5 Å². The van der Waals surface area contributed by atoms with Crippen molar-refractivity contribution in [2.75, 3.05) is 32.1 Å². The molecule has 8 nitrogen and oxygen atoms in total. The second kappa shape index (κ2) is 8.45. The third-order valence-electron chi connectivity index (χ3n) is 4.93. The Labute approximate surface area is 176 Å². The lowest BCUT2D eigenvalue weighted by molar-refractivity contribution is -0.148. The summed E-state index contributed by atoms with van der Waals surface area (Å²) in [6.45, 7) is 3.06. The highest BCUT2D eigenvalue weighted by Gasteiger charge is 2.36. The highest BCUT2D eigenvalue weighted by molar-refractivity contribution is 7.89. The van der Waals surface area contributed by atoms with E-state index >= 15 is 0 Å². The number of hydrogen-bond acceptors (Lipinski definition) is 6. The number of benzene rings is 2. The molecule has 0 N–H and O–H groups in total. The van der Waals surface area contributed by atoms with Gasteiger partial charge < -0.3 is 14.4 Å². The molecule has 0 saturated carbocycles. The number of nitrogens with zero attached hydrogens (tertiary/aromatic N) is 2. The molecule has 2 aromatic rings. The number of amides is 1. The molecule has 0 aromatic heterocycles. The molecule has 2 aromatic carbocycles. The van der Waals surface area contributed by atoms with E-state index in [9.17, 15) is 18.0 Å². The average Bonchev–Trinajstić information content (AvgIpc) is 2.73. The highest BCUT2D eigenvalue weighted by Crippen LogP contribution is 2.33. The summed E-state index contributed by atoms with van der Waals surface area (Å²) in [4.78, 5) is 26.6. The molecule has 1 heterocycles. The van der Waals surface area contributed by atoms with Gasteiger partial charge in [-0.25, -0.2) is 13.2 Å². The van der Waals surface area contributed by atoms with Crippen LogP contribution in [-0.4, -0.2) is 58.0 Å². The zero-order valence-corrected chi connectivity index (χ0v) is 18.1. The largest absolute Gasteiger partial charge is 0.475 e. The lowest BCUT2D eigenvalue weighted by Crippen LogP contribution is -2.50. The van der Waals surface area contributed by atoms with Gasteiger partial charge in [-0.2, -0.15) is 4.31 Å². The van der Waals surface area contributed by atoms with Crippen LogP contribution in [0.5, 0.6) is 5.75 Å². The standard InChI is InChI=1S/C21H24N2O6S/c1-14-9-10-15(2)19(11-14)30(26,27)22(3)13-20(24)23-12-18(21(25)28-4)29-17-8-6-5-7-16(17)23/h5-11,18H,12-13H2,1-4H3/t18-/m0/s1. The third-order valence-corrected chi connectivity index (χ3v) is 6.87. The summed E-state index contributed by atoms with van der Waals surface area (Å²) in [6, 6.07) is 11.9. The first-order valence-corrected chi connectivity index (χ1v) is 10.8. The monoisotopic (exact) mass is 432 g/mol. The zero-order chi connectivity index (χ0) is 22.1. The van der Waals surface area contributed by atoms with Gasteiger partial charge in [0.2, 0.25) is 22.0 Å². The van der Waals surface area contributed by atoms with E-state index in [-0.39, 0.29) is 11.4 Å². The molecular weight excluding hydrogens is 408 g/mol. The molecule has 0 bridgehead atoms. The molecule has 0 spiro atoms. The predicted molar refractivity (Wildman–Crippen MR) is 111 cm³/mol. The Morgan fingerprint density at radius 3 is 2.60 bits per heavy atom. The van der Waals surface area contributed by atoms with Gasteiger partial charge in [-0.15, -0.1) is 0 Å². The SMILES string of the molecule is COC(=O)[C@@H]1CN(C(=O)CN(C)S(=O)(=O)c2cc(C)ccc2C)c2ccccc2O1. The van der Waals surface area contributed by atoms with Crippen LogP contribution in [-0.2, 0) is 24.3 Å². The number of sulfonamides is 1. The molecule has 9 heteroatoms. The van der Waals surface area contributed by atoms with Crippen molar-refractivity contribution in [3.63, 3.8) is 0 Å². The van der Waals surface area contributed by atoms with Crippen molar-refractivity contribution in [2.24, 2.45) is 0 Å². The first-order chi connectivity index (χ1) is 14.1. The summed E-state index contributed by atoms with van der Waals surface area (Å²) in [7, 11) is -1.28. The van der Waals surface area contributed by atoms with Gasteiger partial charge in [0.05, 0.1) is 30.8 Å². The molecule has 1 amide bonds. The van der Waals surface area contributed by atoms with Crippen LogP contribution in [0.2, 0.25) is 0 Å². The van der Waals surface area contributed by atoms with Crippen LogP contribution in [0.1, 0.15) is 11.1 Å². The smallest absolute Gasteiger partial charge is 0.348 e. The molecule has 0 saturated heterocycles. The Morgan fingerprint density at radius 1 is 1.20 bits per heavy atom. The summed E-state index contributed by atoms with van der Waals surface area (Å²) in [5.74, 6) is -0.734. The molecule has 0 aliphatic carbocycles. The first kappa shape index (κ1) is 21.8. The quantitative estimate of drug-likeness (QED) is 0.670. The maximum absolute atomic E-state index is 13.1. The Morgan fingerprint density at radius 2 is 1.90 bits per heavy atom. The molecule has 0 radical (unpaired) electrons. The van der Waals surface area contributed by atoms with E-state index in [1.807, 2.05) is 6.07 Å². The summed E-state index contributed by atoms with van der Waals surface area (Å²) < 4.78 is 37.5. The lowest BCUT2D eigenvalue weighted by atomic mass is 10.2. The summed E-state index contributed by atoms with van der Waals surface area (Å²) in [5, 5.41) is 0. The van der Waals surface area contributed by atoms with Crippen LogP contribution < -0.4 is 9.64 Å². The van der Waals surface area contributed by atoms with Crippen LogP contribution in [0.4, 0.5) is 5.69 Å². The third kappa shape index (κ3) is 4.17. The van der Waals surface area contributed by atoms with E-state index in [0.717, 1.165) is 9.87 Å². The van der Waals surface area contributed by atoms with Crippen LogP contribution in [0.3, 0.4) is 0 Å². The minimum absolute atomic E-state index is 0.0696. The minimum Gasteiger partial charge on any atom is -0.475 e. The van der Waals surface area contributed by atoms with Gasteiger partial charge in [0.25, 0.3) is 0 Å². The van der Waals surface area contributed by atoms with Gasteiger partial charge in [0.15, 0.2) is 0 Å². The van der Waals surface area contributed by atoms with Gasteiger partial charge in [0, 0.05) is 7.05 Å².